The second-order valence-electron chi connectivity index (χ2n) is 8.66. The Balaban J connectivity index is 1.55. The zero-order valence-corrected chi connectivity index (χ0v) is 15.2. The number of H-pyrrole nitrogens is 1. The molecule has 2 aliphatic rings. The maximum Gasteiger partial charge on any atom is 0.268 e. The van der Waals surface area contributed by atoms with Gasteiger partial charge in [-0.15, -0.1) is 0 Å². The summed E-state index contributed by atoms with van der Waals surface area (Å²) in [5.74, 6) is 1.90. The van der Waals surface area contributed by atoms with Gasteiger partial charge in [0.25, 0.3) is 5.91 Å². The summed E-state index contributed by atoms with van der Waals surface area (Å²) in [5, 5.41) is 4.31. The molecule has 0 spiro atoms. The van der Waals surface area contributed by atoms with E-state index in [0.29, 0.717) is 29.0 Å². The van der Waals surface area contributed by atoms with Crippen molar-refractivity contribution in [2.24, 2.45) is 23.2 Å². The van der Waals surface area contributed by atoms with E-state index in [9.17, 15) is 4.79 Å². The van der Waals surface area contributed by atoms with E-state index < -0.39 is 0 Å². The average molecular weight is 325 g/mol. The summed E-state index contributed by atoms with van der Waals surface area (Å²) in [4.78, 5) is 20.5. The Morgan fingerprint density at radius 1 is 1.33 bits per heavy atom. The van der Waals surface area contributed by atoms with E-state index in [0.717, 1.165) is 28.2 Å². The second-order valence-corrected chi connectivity index (χ2v) is 8.66. The molecule has 4 nitrogen and oxygen atoms in total. The van der Waals surface area contributed by atoms with Crippen molar-refractivity contribution >= 4 is 16.9 Å². The smallest absolute Gasteiger partial charge is 0.268 e. The second kappa shape index (κ2) is 5.08. The molecule has 128 valence electrons. The monoisotopic (exact) mass is 325 g/mol. The van der Waals surface area contributed by atoms with Crippen LogP contribution in [-0.2, 0) is 0 Å². The molecule has 2 fully saturated rings. The van der Waals surface area contributed by atoms with Crippen LogP contribution in [0.2, 0.25) is 0 Å². The molecule has 1 amide bonds. The minimum Gasteiger partial charge on any atom is -0.347 e. The highest BCUT2D eigenvalue weighted by Gasteiger charge is 2.54. The zero-order valence-electron chi connectivity index (χ0n) is 15.2. The van der Waals surface area contributed by atoms with Crippen LogP contribution in [0.3, 0.4) is 0 Å². The van der Waals surface area contributed by atoms with Crippen molar-refractivity contribution in [1.82, 2.24) is 15.3 Å². The number of hydrogen-bond acceptors (Lipinski definition) is 2. The van der Waals surface area contributed by atoms with E-state index >= 15 is 0 Å². The highest BCUT2D eigenvalue weighted by atomic mass is 16.2. The third-order valence-electron chi connectivity index (χ3n) is 6.65. The molecule has 2 bridgehead atoms. The largest absolute Gasteiger partial charge is 0.347 e. The van der Waals surface area contributed by atoms with Crippen LogP contribution in [0.1, 0.15) is 55.4 Å². The predicted molar refractivity (Wildman–Crippen MR) is 96.0 cm³/mol. The van der Waals surface area contributed by atoms with E-state index in [1.54, 1.807) is 0 Å². The minimum absolute atomic E-state index is 0.00510. The van der Waals surface area contributed by atoms with Crippen LogP contribution in [0.4, 0.5) is 0 Å². The highest BCUT2D eigenvalue weighted by Crippen LogP contribution is 2.58. The molecule has 2 saturated carbocycles. The third kappa shape index (κ3) is 2.27. The standard InChI is InChI=1S/C20H27N3O/c1-10-6-13-8-16(22-18(13)21-12(10)3)19(24)23-17-11(2)15-7-14(17)9-20(15,4)5/h6,8,11,14-15,17H,7,9H2,1-5H3,(H,21,22)(H,23,24)/t11-,14?,15-,17+/m0/s1. The molecule has 0 saturated heterocycles. The molecular formula is C20H27N3O. The number of aromatic nitrogens is 2. The zero-order chi connectivity index (χ0) is 17.2. The van der Waals surface area contributed by atoms with Crippen molar-refractivity contribution in [3.8, 4) is 0 Å². The molecule has 1 unspecified atom stereocenters. The van der Waals surface area contributed by atoms with Gasteiger partial charge in [0.1, 0.15) is 11.3 Å². The molecule has 2 aromatic rings. The molecule has 2 aromatic heterocycles. The Kier molecular flexibility index (Phi) is 3.32. The maximum atomic E-state index is 12.8. The highest BCUT2D eigenvalue weighted by molar-refractivity contribution is 5.97. The van der Waals surface area contributed by atoms with Crippen LogP contribution in [0.15, 0.2) is 12.1 Å². The molecule has 2 aliphatic carbocycles. The van der Waals surface area contributed by atoms with Crippen LogP contribution in [0, 0.1) is 37.0 Å². The van der Waals surface area contributed by atoms with E-state index in [1.165, 1.54) is 12.8 Å². The SMILES string of the molecule is Cc1cc2cc(C(=O)N[C@H]3C4C[C@@H]([C@@H]3C)C(C)(C)C4)[nH]c2nc1C. The Bertz CT molecular complexity index is 779. The lowest BCUT2D eigenvalue weighted by atomic mass is 9.70. The van der Waals surface area contributed by atoms with Crippen molar-refractivity contribution < 1.29 is 4.79 Å². The summed E-state index contributed by atoms with van der Waals surface area (Å²) in [5.41, 5.74) is 3.99. The van der Waals surface area contributed by atoms with Gasteiger partial charge >= 0.3 is 0 Å². The number of hydrogen-bond donors (Lipinski definition) is 2. The van der Waals surface area contributed by atoms with Crippen LogP contribution >= 0.6 is 0 Å². The number of aromatic amines is 1. The van der Waals surface area contributed by atoms with Gasteiger partial charge in [-0.3, -0.25) is 4.79 Å². The summed E-state index contributed by atoms with van der Waals surface area (Å²) in [7, 11) is 0. The molecule has 24 heavy (non-hydrogen) atoms. The van der Waals surface area contributed by atoms with Crippen molar-refractivity contribution in [2.45, 2.75) is 53.5 Å². The fourth-order valence-corrected chi connectivity index (χ4v) is 5.29. The van der Waals surface area contributed by atoms with E-state index in [2.05, 4.69) is 42.1 Å². The van der Waals surface area contributed by atoms with Crippen LogP contribution in [0.25, 0.3) is 11.0 Å². The number of aryl methyl sites for hydroxylation is 2. The lowest BCUT2D eigenvalue weighted by molar-refractivity contribution is 0.0832. The number of rotatable bonds is 2. The summed E-state index contributed by atoms with van der Waals surface area (Å²) in [6, 6.07) is 4.32. The van der Waals surface area contributed by atoms with Gasteiger partial charge in [0.05, 0.1) is 0 Å². The number of carbonyl (C=O) groups excluding carboxylic acids is 1. The van der Waals surface area contributed by atoms with Gasteiger partial charge in [-0.2, -0.15) is 0 Å². The number of nitrogens with one attached hydrogen (secondary N) is 2. The van der Waals surface area contributed by atoms with Gasteiger partial charge in [0, 0.05) is 17.1 Å². The number of carbonyl (C=O) groups is 1. The average Bonchev–Trinajstić information content (AvgIpc) is 3.12. The lowest BCUT2D eigenvalue weighted by Gasteiger charge is -2.39. The van der Waals surface area contributed by atoms with Gasteiger partial charge in [-0.25, -0.2) is 4.98 Å². The third-order valence-corrected chi connectivity index (χ3v) is 6.65. The summed E-state index contributed by atoms with van der Waals surface area (Å²) < 4.78 is 0. The van der Waals surface area contributed by atoms with Crippen LogP contribution in [0.5, 0.6) is 0 Å². The van der Waals surface area contributed by atoms with E-state index in [4.69, 9.17) is 0 Å². The van der Waals surface area contributed by atoms with Gasteiger partial charge in [0.15, 0.2) is 0 Å². The first-order chi connectivity index (χ1) is 11.3. The fraction of sp³-hybridized carbons (Fsp3) is 0.600. The van der Waals surface area contributed by atoms with Crippen molar-refractivity contribution in [3.63, 3.8) is 0 Å². The first-order valence-electron chi connectivity index (χ1n) is 9.04. The lowest BCUT2D eigenvalue weighted by Crippen LogP contribution is -2.46. The Labute approximate surface area is 143 Å². The van der Waals surface area contributed by atoms with Crippen molar-refractivity contribution in [1.29, 1.82) is 0 Å². The molecule has 0 aromatic carbocycles. The summed E-state index contributed by atoms with van der Waals surface area (Å²) in [6.07, 6.45) is 2.48. The molecule has 0 radical (unpaired) electrons. The Morgan fingerprint density at radius 2 is 2.08 bits per heavy atom. The quantitative estimate of drug-likeness (QED) is 0.877. The number of pyridine rings is 1. The van der Waals surface area contributed by atoms with Crippen LogP contribution < -0.4 is 5.32 Å². The van der Waals surface area contributed by atoms with E-state index in [1.807, 2.05) is 19.9 Å². The molecule has 2 heterocycles. The van der Waals surface area contributed by atoms with Crippen molar-refractivity contribution in [2.75, 3.05) is 0 Å². The van der Waals surface area contributed by atoms with Gasteiger partial charge in [-0.05, 0) is 67.6 Å². The van der Waals surface area contributed by atoms with Crippen LogP contribution in [-0.4, -0.2) is 21.9 Å². The van der Waals surface area contributed by atoms with Gasteiger partial charge in [0.2, 0.25) is 0 Å². The number of fused-ring (bicyclic) bond motifs is 3. The number of nitrogens with zero attached hydrogens (tertiary/aromatic N) is 1. The maximum absolute atomic E-state index is 12.8. The first-order valence-corrected chi connectivity index (χ1v) is 9.04. The number of amides is 1. The predicted octanol–water partition coefficient (Wildman–Crippen LogP) is 3.98. The minimum atomic E-state index is 0.00510. The molecule has 2 N–H and O–H groups in total. The summed E-state index contributed by atoms with van der Waals surface area (Å²) >= 11 is 0. The Morgan fingerprint density at radius 3 is 2.75 bits per heavy atom. The van der Waals surface area contributed by atoms with E-state index in [-0.39, 0.29) is 5.91 Å². The van der Waals surface area contributed by atoms with Gasteiger partial charge in [-0.1, -0.05) is 20.8 Å². The molecule has 0 aliphatic heterocycles. The molecular weight excluding hydrogens is 298 g/mol. The normalized spacial score (nSPS) is 30.9. The summed E-state index contributed by atoms with van der Waals surface area (Å²) in [6.45, 7) is 11.1. The Hall–Kier alpha value is -1.84. The topological polar surface area (TPSA) is 57.8 Å². The molecule has 4 atom stereocenters. The first kappa shape index (κ1) is 15.7. The fourth-order valence-electron chi connectivity index (χ4n) is 5.29. The molecule has 4 heteroatoms. The molecule has 4 rings (SSSR count). The van der Waals surface area contributed by atoms with Gasteiger partial charge < -0.3 is 10.3 Å². The van der Waals surface area contributed by atoms with Crippen molar-refractivity contribution in [3.05, 3.63) is 29.1 Å².